The van der Waals surface area contributed by atoms with Crippen molar-refractivity contribution in [3.63, 3.8) is 0 Å². The molecule has 30 heavy (non-hydrogen) atoms. The smallest absolute Gasteiger partial charge is 0.261 e. The average Bonchev–Trinajstić information content (AvgIpc) is 3.26. The number of thiophene rings is 1. The van der Waals surface area contributed by atoms with Crippen molar-refractivity contribution in [1.29, 1.82) is 0 Å². The number of carbonyl (C=O) groups excluding carboxylic acids is 1. The lowest BCUT2D eigenvalue weighted by molar-refractivity contribution is 0.0911. The molecular formula is C24H26FN3OS. The van der Waals surface area contributed by atoms with Crippen LogP contribution in [0, 0.1) is 5.82 Å². The molecule has 1 N–H and O–H groups in total. The van der Waals surface area contributed by atoms with Crippen molar-refractivity contribution >= 4 is 17.2 Å². The number of piperazine rings is 1. The number of benzene rings is 2. The second kappa shape index (κ2) is 9.51. The van der Waals surface area contributed by atoms with Crippen molar-refractivity contribution in [2.45, 2.75) is 6.04 Å². The Bertz CT molecular complexity index is 966. The Labute approximate surface area is 180 Å². The van der Waals surface area contributed by atoms with Crippen molar-refractivity contribution in [2.75, 3.05) is 39.8 Å². The zero-order valence-corrected chi connectivity index (χ0v) is 17.9. The third-order valence-electron chi connectivity index (χ3n) is 5.50. The molecule has 156 valence electrons. The van der Waals surface area contributed by atoms with Crippen molar-refractivity contribution in [3.8, 4) is 10.4 Å². The van der Waals surface area contributed by atoms with E-state index >= 15 is 0 Å². The van der Waals surface area contributed by atoms with E-state index in [1.165, 1.54) is 23.5 Å². The number of hydrogen-bond donors (Lipinski definition) is 1. The molecule has 4 rings (SSSR count). The molecule has 1 atom stereocenters. The van der Waals surface area contributed by atoms with E-state index in [9.17, 15) is 9.18 Å². The second-order valence-corrected chi connectivity index (χ2v) is 8.80. The molecule has 4 nitrogen and oxygen atoms in total. The molecule has 6 heteroatoms. The summed E-state index contributed by atoms with van der Waals surface area (Å²) in [5.74, 6) is -0.334. The highest BCUT2D eigenvalue weighted by Gasteiger charge is 2.22. The van der Waals surface area contributed by atoms with Gasteiger partial charge in [-0.25, -0.2) is 4.39 Å². The number of halogens is 1. The van der Waals surface area contributed by atoms with E-state index in [2.05, 4.69) is 34.3 Å². The van der Waals surface area contributed by atoms with Gasteiger partial charge >= 0.3 is 0 Å². The van der Waals surface area contributed by atoms with Gasteiger partial charge in [0.05, 0.1) is 10.9 Å². The van der Waals surface area contributed by atoms with Gasteiger partial charge in [-0.2, -0.15) is 0 Å². The Morgan fingerprint density at radius 3 is 2.40 bits per heavy atom. The van der Waals surface area contributed by atoms with Gasteiger partial charge in [-0.05, 0) is 42.4 Å². The van der Waals surface area contributed by atoms with E-state index in [0.29, 0.717) is 4.88 Å². The maximum absolute atomic E-state index is 13.2. The topological polar surface area (TPSA) is 35.6 Å². The van der Waals surface area contributed by atoms with Crippen LogP contribution in [0.4, 0.5) is 4.39 Å². The molecule has 0 bridgehead atoms. The summed E-state index contributed by atoms with van der Waals surface area (Å²) in [4.78, 5) is 19.4. The Hall–Kier alpha value is -2.54. The Morgan fingerprint density at radius 2 is 1.70 bits per heavy atom. The molecule has 1 fully saturated rings. The Kier molecular flexibility index (Phi) is 6.57. The molecule has 1 aliphatic rings. The molecule has 0 radical (unpaired) electrons. The monoisotopic (exact) mass is 423 g/mol. The molecule has 2 heterocycles. The zero-order chi connectivity index (χ0) is 20.9. The molecule has 1 aliphatic heterocycles. The van der Waals surface area contributed by atoms with Crippen LogP contribution in [0.15, 0.2) is 66.7 Å². The summed E-state index contributed by atoms with van der Waals surface area (Å²) in [7, 11) is 2.14. The maximum atomic E-state index is 13.2. The fourth-order valence-electron chi connectivity index (χ4n) is 3.67. The molecule has 1 saturated heterocycles. The van der Waals surface area contributed by atoms with Crippen LogP contribution in [-0.2, 0) is 0 Å². The quantitative estimate of drug-likeness (QED) is 0.643. The van der Waals surface area contributed by atoms with Crippen molar-refractivity contribution in [3.05, 3.63) is 83.0 Å². The third-order valence-corrected chi connectivity index (χ3v) is 6.64. The lowest BCUT2D eigenvalue weighted by atomic mass is 10.1. The van der Waals surface area contributed by atoms with Gasteiger partial charge in [0.2, 0.25) is 0 Å². The van der Waals surface area contributed by atoms with Gasteiger partial charge in [-0.1, -0.05) is 42.5 Å². The van der Waals surface area contributed by atoms with Gasteiger partial charge < -0.3 is 10.2 Å². The SMILES string of the molecule is CN1CCN(CC(NC(=O)c2ccc(-c3ccc(F)cc3)s2)c2ccccc2)CC1. The fourth-order valence-corrected chi connectivity index (χ4v) is 4.58. The van der Waals surface area contributed by atoms with Crippen LogP contribution in [0.3, 0.4) is 0 Å². The molecule has 1 amide bonds. The van der Waals surface area contributed by atoms with Crippen LogP contribution in [0.2, 0.25) is 0 Å². The molecule has 0 saturated carbocycles. The molecule has 2 aromatic carbocycles. The number of nitrogens with one attached hydrogen (secondary N) is 1. The van der Waals surface area contributed by atoms with E-state index in [1.54, 1.807) is 12.1 Å². The van der Waals surface area contributed by atoms with Crippen LogP contribution < -0.4 is 5.32 Å². The summed E-state index contributed by atoms with van der Waals surface area (Å²) in [5, 5.41) is 3.24. The molecule has 1 aromatic heterocycles. The van der Waals surface area contributed by atoms with E-state index < -0.39 is 0 Å². The molecule has 3 aromatic rings. The highest BCUT2D eigenvalue weighted by molar-refractivity contribution is 7.17. The second-order valence-electron chi connectivity index (χ2n) is 7.71. The summed E-state index contributed by atoms with van der Waals surface area (Å²) < 4.78 is 13.2. The molecule has 1 unspecified atom stereocenters. The average molecular weight is 424 g/mol. The van der Waals surface area contributed by atoms with Crippen LogP contribution in [0.5, 0.6) is 0 Å². The number of rotatable bonds is 6. The zero-order valence-electron chi connectivity index (χ0n) is 17.1. The standard InChI is InChI=1S/C24H26FN3OS/c1-27-13-15-28(16-14-27)17-21(18-5-3-2-4-6-18)26-24(29)23-12-11-22(30-23)19-7-9-20(25)10-8-19/h2-12,21H,13-17H2,1H3,(H,26,29). The van der Waals surface area contributed by atoms with Crippen molar-refractivity contribution in [1.82, 2.24) is 15.1 Å². The minimum atomic E-state index is -0.261. The minimum Gasteiger partial charge on any atom is -0.343 e. The molecule has 0 aliphatic carbocycles. The Morgan fingerprint density at radius 1 is 1.00 bits per heavy atom. The van der Waals surface area contributed by atoms with Gasteiger partial charge in [-0.3, -0.25) is 9.69 Å². The first-order chi connectivity index (χ1) is 14.6. The normalized spacial score (nSPS) is 16.3. The number of amides is 1. The lowest BCUT2D eigenvalue weighted by Gasteiger charge is -2.35. The van der Waals surface area contributed by atoms with Crippen LogP contribution in [-0.4, -0.2) is 55.5 Å². The van der Waals surface area contributed by atoms with Gasteiger partial charge in [0.1, 0.15) is 5.82 Å². The predicted octanol–water partition coefficient (Wildman–Crippen LogP) is 4.27. The minimum absolute atomic E-state index is 0.0709. The molecule has 0 spiro atoms. The number of likely N-dealkylation sites (N-methyl/N-ethyl adjacent to an activating group) is 1. The first-order valence-electron chi connectivity index (χ1n) is 10.2. The van der Waals surface area contributed by atoms with Crippen LogP contribution in [0.1, 0.15) is 21.3 Å². The third kappa shape index (κ3) is 5.14. The first-order valence-corrected chi connectivity index (χ1v) is 11.0. The van der Waals surface area contributed by atoms with E-state index in [-0.39, 0.29) is 17.8 Å². The summed E-state index contributed by atoms with van der Waals surface area (Å²) in [6.45, 7) is 4.88. The number of carbonyl (C=O) groups is 1. The summed E-state index contributed by atoms with van der Waals surface area (Å²) in [5.41, 5.74) is 2.03. The molecular weight excluding hydrogens is 397 g/mol. The maximum Gasteiger partial charge on any atom is 0.261 e. The van der Waals surface area contributed by atoms with E-state index in [1.807, 2.05) is 30.3 Å². The van der Waals surface area contributed by atoms with E-state index in [0.717, 1.165) is 48.7 Å². The van der Waals surface area contributed by atoms with Crippen molar-refractivity contribution in [2.24, 2.45) is 0 Å². The number of nitrogens with zero attached hydrogens (tertiary/aromatic N) is 2. The first kappa shape index (κ1) is 20.7. The summed E-state index contributed by atoms with van der Waals surface area (Å²) in [6.07, 6.45) is 0. The van der Waals surface area contributed by atoms with Gasteiger partial charge in [-0.15, -0.1) is 11.3 Å². The number of hydrogen-bond acceptors (Lipinski definition) is 4. The summed E-state index contributed by atoms with van der Waals surface area (Å²) >= 11 is 1.43. The lowest BCUT2D eigenvalue weighted by Crippen LogP contribution is -2.47. The largest absolute Gasteiger partial charge is 0.343 e. The highest BCUT2D eigenvalue weighted by Crippen LogP contribution is 2.29. The summed E-state index contributed by atoms with van der Waals surface area (Å²) in [6, 6.07) is 20.2. The fraction of sp³-hybridized carbons (Fsp3) is 0.292. The van der Waals surface area contributed by atoms with Gasteiger partial charge in [0.25, 0.3) is 5.91 Å². The van der Waals surface area contributed by atoms with Gasteiger partial charge in [0, 0.05) is 37.6 Å². The highest BCUT2D eigenvalue weighted by atomic mass is 32.1. The van der Waals surface area contributed by atoms with Gasteiger partial charge in [0.15, 0.2) is 0 Å². The van der Waals surface area contributed by atoms with Crippen molar-refractivity contribution < 1.29 is 9.18 Å². The van der Waals surface area contributed by atoms with Crippen LogP contribution in [0.25, 0.3) is 10.4 Å². The predicted molar refractivity (Wildman–Crippen MR) is 120 cm³/mol. The Balaban J connectivity index is 1.48. The van der Waals surface area contributed by atoms with Crippen LogP contribution >= 0.6 is 11.3 Å². The van der Waals surface area contributed by atoms with E-state index in [4.69, 9.17) is 0 Å².